The van der Waals surface area contributed by atoms with Crippen LogP contribution in [-0.2, 0) is 10.0 Å². The molecule has 0 bridgehead atoms. The average Bonchev–Trinajstić information content (AvgIpc) is 2.28. The molecule has 5 N–H and O–H groups in total. The molecule has 0 aliphatic rings. The van der Waals surface area contributed by atoms with Gasteiger partial charge in [-0.2, -0.15) is 12.6 Å². The molecular formula is C9H14N2O4S2. The Kier molecular flexibility index (Phi) is 6.81. The fourth-order valence-electron chi connectivity index (χ4n) is 0.787. The SMILES string of the molecule is NCCS.NS(=O)(=O)c1ccc(C(=O)O)cc1. The second-order valence-corrected chi connectivity index (χ2v) is 4.90. The van der Waals surface area contributed by atoms with E-state index in [4.69, 9.17) is 16.0 Å². The number of nitrogens with two attached hydrogens (primary N) is 2. The number of aromatic carboxylic acids is 1. The fourth-order valence-corrected chi connectivity index (χ4v) is 1.30. The number of rotatable bonds is 3. The molecular weight excluding hydrogens is 264 g/mol. The smallest absolute Gasteiger partial charge is 0.335 e. The molecule has 96 valence electrons. The quantitative estimate of drug-likeness (QED) is 0.575. The molecule has 1 aromatic carbocycles. The Morgan fingerprint density at radius 2 is 1.71 bits per heavy atom. The number of carbonyl (C=O) groups is 1. The van der Waals surface area contributed by atoms with Crippen molar-refractivity contribution in [3.8, 4) is 0 Å². The highest BCUT2D eigenvalue weighted by Crippen LogP contribution is 2.08. The number of sulfonamides is 1. The summed E-state index contributed by atoms with van der Waals surface area (Å²) in [6.45, 7) is 0.684. The zero-order valence-corrected chi connectivity index (χ0v) is 10.6. The Morgan fingerprint density at radius 1 is 1.29 bits per heavy atom. The van der Waals surface area contributed by atoms with Gasteiger partial charge in [-0.1, -0.05) is 0 Å². The summed E-state index contributed by atoms with van der Waals surface area (Å²) in [5.74, 6) is -0.319. The third-order valence-corrected chi connectivity index (χ3v) is 2.75. The molecule has 6 nitrogen and oxygen atoms in total. The Balaban J connectivity index is 0.000000557. The Bertz CT molecular complexity index is 454. The van der Waals surface area contributed by atoms with E-state index in [1.165, 1.54) is 12.1 Å². The Morgan fingerprint density at radius 3 is 1.94 bits per heavy atom. The first kappa shape index (κ1) is 15.9. The summed E-state index contributed by atoms with van der Waals surface area (Å²) in [6.07, 6.45) is 0. The third-order valence-electron chi connectivity index (χ3n) is 1.56. The van der Waals surface area contributed by atoms with Crippen molar-refractivity contribution >= 4 is 28.6 Å². The number of thiol groups is 1. The van der Waals surface area contributed by atoms with Gasteiger partial charge in [0.2, 0.25) is 10.0 Å². The van der Waals surface area contributed by atoms with Crippen LogP contribution in [0, 0.1) is 0 Å². The number of carboxylic acids is 1. The molecule has 0 fully saturated rings. The topological polar surface area (TPSA) is 123 Å². The standard InChI is InChI=1S/C7H7NO4S.C2H7NS/c8-13(11,12)6-3-1-5(2-4-6)7(9)10;3-1-2-4/h1-4H,(H,9,10)(H2,8,11,12);4H,1-3H2. The average molecular weight is 278 g/mol. The molecule has 1 aromatic rings. The van der Waals surface area contributed by atoms with Crippen molar-refractivity contribution in [2.45, 2.75) is 4.90 Å². The lowest BCUT2D eigenvalue weighted by Gasteiger charge is -1.97. The first-order valence-corrected chi connectivity index (χ1v) is 6.68. The van der Waals surface area contributed by atoms with Crippen LogP contribution >= 0.6 is 12.6 Å². The maximum Gasteiger partial charge on any atom is 0.335 e. The van der Waals surface area contributed by atoms with Crippen LogP contribution in [0.1, 0.15) is 10.4 Å². The molecule has 0 heterocycles. The summed E-state index contributed by atoms with van der Waals surface area (Å²) in [4.78, 5) is 10.3. The molecule has 0 spiro atoms. The molecule has 0 saturated heterocycles. The zero-order chi connectivity index (χ0) is 13.5. The van der Waals surface area contributed by atoms with E-state index in [-0.39, 0.29) is 10.5 Å². The summed E-state index contributed by atoms with van der Waals surface area (Å²) >= 11 is 3.80. The van der Waals surface area contributed by atoms with Gasteiger partial charge < -0.3 is 10.8 Å². The minimum absolute atomic E-state index is 0.0207. The van der Waals surface area contributed by atoms with E-state index in [2.05, 4.69) is 12.6 Å². The van der Waals surface area contributed by atoms with Crippen molar-refractivity contribution in [2.24, 2.45) is 10.9 Å². The van der Waals surface area contributed by atoms with Crippen LogP contribution in [-0.4, -0.2) is 31.8 Å². The second-order valence-electron chi connectivity index (χ2n) is 2.89. The van der Waals surface area contributed by atoms with Gasteiger partial charge in [-0.3, -0.25) is 0 Å². The van der Waals surface area contributed by atoms with Crippen molar-refractivity contribution in [3.63, 3.8) is 0 Å². The third kappa shape index (κ3) is 6.27. The molecule has 1 rings (SSSR count). The van der Waals surface area contributed by atoms with Crippen LogP contribution in [0.3, 0.4) is 0 Å². The lowest BCUT2D eigenvalue weighted by atomic mass is 10.2. The molecule has 0 saturated carbocycles. The van der Waals surface area contributed by atoms with E-state index in [0.29, 0.717) is 6.54 Å². The van der Waals surface area contributed by atoms with E-state index < -0.39 is 16.0 Å². The van der Waals surface area contributed by atoms with Gasteiger partial charge in [-0.15, -0.1) is 0 Å². The summed E-state index contributed by atoms with van der Waals surface area (Å²) < 4.78 is 21.5. The second kappa shape index (κ2) is 7.28. The maximum atomic E-state index is 10.7. The molecule has 0 radical (unpaired) electrons. The van der Waals surface area contributed by atoms with Gasteiger partial charge in [-0.05, 0) is 24.3 Å². The Hall–Kier alpha value is -1.09. The number of benzene rings is 1. The summed E-state index contributed by atoms with van der Waals surface area (Å²) in [6, 6.07) is 4.67. The van der Waals surface area contributed by atoms with Gasteiger partial charge >= 0.3 is 5.97 Å². The van der Waals surface area contributed by atoms with Crippen LogP contribution in [0.5, 0.6) is 0 Å². The summed E-state index contributed by atoms with van der Waals surface area (Å²) in [5, 5.41) is 13.3. The minimum atomic E-state index is -3.74. The van der Waals surface area contributed by atoms with Gasteiger partial charge in [0, 0.05) is 12.3 Å². The lowest BCUT2D eigenvalue weighted by molar-refractivity contribution is 0.0697. The highest BCUT2D eigenvalue weighted by Gasteiger charge is 2.08. The van der Waals surface area contributed by atoms with Crippen molar-refractivity contribution in [1.29, 1.82) is 0 Å². The predicted molar refractivity (Wildman–Crippen MR) is 67.7 cm³/mol. The highest BCUT2D eigenvalue weighted by atomic mass is 32.2. The number of hydrogen-bond acceptors (Lipinski definition) is 5. The van der Waals surface area contributed by atoms with Crippen molar-refractivity contribution < 1.29 is 18.3 Å². The van der Waals surface area contributed by atoms with E-state index in [1.54, 1.807) is 0 Å². The van der Waals surface area contributed by atoms with Gasteiger partial charge in [0.05, 0.1) is 10.5 Å². The van der Waals surface area contributed by atoms with Crippen LogP contribution in [0.4, 0.5) is 0 Å². The minimum Gasteiger partial charge on any atom is -0.478 e. The van der Waals surface area contributed by atoms with Crippen LogP contribution in [0.2, 0.25) is 0 Å². The maximum absolute atomic E-state index is 10.7. The monoisotopic (exact) mass is 278 g/mol. The van der Waals surface area contributed by atoms with Crippen molar-refractivity contribution in [2.75, 3.05) is 12.3 Å². The molecule has 8 heteroatoms. The van der Waals surface area contributed by atoms with E-state index in [0.717, 1.165) is 17.9 Å². The van der Waals surface area contributed by atoms with Crippen LogP contribution < -0.4 is 10.9 Å². The highest BCUT2D eigenvalue weighted by molar-refractivity contribution is 7.89. The van der Waals surface area contributed by atoms with Crippen LogP contribution in [0.15, 0.2) is 29.2 Å². The van der Waals surface area contributed by atoms with Gasteiger partial charge in [-0.25, -0.2) is 18.4 Å². The van der Waals surface area contributed by atoms with E-state index in [1.807, 2.05) is 0 Å². The molecule has 0 unspecified atom stereocenters. The summed E-state index contributed by atoms with van der Waals surface area (Å²) in [7, 11) is -3.74. The Labute approximate surface area is 105 Å². The first-order valence-electron chi connectivity index (χ1n) is 4.50. The van der Waals surface area contributed by atoms with Gasteiger partial charge in [0.1, 0.15) is 0 Å². The predicted octanol–water partition coefficient (Wildman–Crippen LogP) is -0.0929. The first-order chi connectivity index (χ1) is 7.82. The normalized spacial score (nSPS) is 10.3. The molecule has 0 atom stereocenters. The molecule has 0 aliphatic heterocycles. The van der Waals surface area contributed by atoms with Gasteiger partial charge in [0.25, 0.3) is 0 Å². The molecule has 0 aliphatic carbocycles. The molecule has 0 aromatic heterocycles. The number of carboxylic acid groups (broad SMARTS) is 1. The van der Waals surface area contributed by atoms with E-state index in [9.17, 15) is 13.2 Å². The number of hydrogen-bond donors (Lipinski definition) is 4. The van der Waals surface area contributed by atoms with Crippen LogP contribution in [0.25, 0.3) is 0 Å². The lowest BCUT2D eigenvalue weighted by Crippen LogP contribution is -2.12. The zero-order valence-electron chi connectivity index (χ0n) is 8.91. The van der Waals surface area contributed by atoms with E-state index >= 15 is 0 Å². The largest absolute Gasteiger partial charge is 0.478 e. The van der Waals surface area contributed by atoms with Crippen molar-refractivity contribution in [1.82, 2.24) is 0 Å². The summed E-state index contributed by atoms with van der Waals surface area (Å²) in [5.41, 5.74) is 4.97. The molecule has 17 heavy (non-hydrogen) atoms. The molecule has 0 amide bonds. The van der Waals surface area contributed by atoms with Gasteiger partial charge in [0.15, 0.2) is 0 Å². The fraction of sp³-hybridized carbons (Fsp3) is 0.222. The number of primary sulfonamides is 1. The van der Waals surface area contributed by atoms with Crippen molar-refractivity contribution in [3.05, 3.63) is 29.8 Å².